The Morgan fingerprint density at radius 3 is 2.29 bits per heavy atom. The highest BCUT2D eigenvalue weighted by Gasteiger charge is 2.17. The minimum atomic E-state index is 0.624. The summed E-state index contributed by atoms with van der Waals surface area (Å²) in [6, 6.07) is 0. The van der Waals surface area contributed by atoms with Crippen molar-refractivity contribution in [3.05, 3.63) is 11.6 Å². The fraction of sp³-hybridized carbons (Fsp3) is 0.846. The molecule has 82 valence electrons. The molecule has 0 radical (unpaired) electrons. The third-order valence-electron chi connectivity index (χ3n) is 3.49. The Morgan fingerprint density at radius 2 is 1.86 bits per heavy atom. The van der Waals surface area contributed by atoms with Gasteiger partial charge in [0.25, 0.3) is 0 Å². The van der Waals surface area contributed by atoms with Crippen LogP contribution in [-0.2, 0) is 0 Å². The fourth-order valence-electron chi connectivity index (χ4n) is 2.25. The van der Waals surface area contributed by atoms with Crippen molar-refractivity contribution >= 4 is 0 Å². The monoisotopic (exact) mass is 195 g/mol. The third-order valence-corrected chi connectivity index (χ3v) is 3.49. The summed E-state index contributed by atoms with van der Waals surface area (Å²) in [5.41, 5.74) is 7.20. The van der Waals surface area contributed by atoms with Gasteiger partial charge in [0.2, 0.25) is 0 Å². The van der Waals surface area contributed by atoms with Crippen molar-refractivity contribution in [2.24, 2.45) is 23.5 Å². The summed E-state index contributed by atoms with van der Waals surface area (Å²) in [5.74, 6) is 2.38. The Bertz CT molecular complexity index is 185. The summed E-state index contributed by atoms with van der Waals surface area (Å²) < 4.78 is 0. The SMILES string of the molecule is CC1CCC(C=C(CN)C(C)C)CC1. The molecule has 1 fully saturated rings. The predicted octanol–water partition coefficient (Wildman–Crippen LogP) is 3.35. The number of hydrogen-bond acceptors (Lipinski definition) is 1. The van der Waals surface area contributed by atoms with E-state index in [-0.39, 0.29) is 0 Å². The van der Waals surface area contributed by atoms with E-state index >= 15 is 0 Å². The lowest BCUT2D eigenvalue weighted by molar-refractivity contribution is 0.328. The quantitative estimate of drug-likeness (QED) is 0.687. The molecule has 0 bridgehead atoms. The van der Waals surface area contributed by atoms with Gasteiger partial charge >= 0.3 is 0 Å². The molecule has 0 spiro atoms. The Morgan fingerprint density at radius 1 is 1.29 bits per heavy atom. The Hall–Kier alpha value is -0.300. The zero-order valence-electron chi connectivity index (χ0n) is 9.92. The van der Waals surface area contributed by atoms with Crippen LogP contribution in [0.1, 0.15) is 46.5 Å². The van der Waals surface area contributed by atoms with Gasteiger partial charge < -0.3 is 5.73 Å². The van der Waals surface area contributed by atoms with Crippen molar-refractivity contribution in [2.45, 2.75) is 46.5 Å². The van der Waals surface area contributed by atoms with Crippen LogP contribution in [-0.4, -0.2) is 6.54 Å². The van der Waals surface area contributed by atoms with Crippen LogP contribution in [0.2, 0.25) is 0 Å². The summed E-state index contributed by atoms with van der Waals surface area (Å²) >= 11 is 0. The van der Waals surface area contributed by atoms with E-state index in [2.05, 4.69) is 26.8 Å². The highest BCUT2D eigenvalue weighted by atomic mass is 14.5. The van der Waals surface area contributed by atoms with Crippen molar-refractivity contribution in [1.29, 1.82) is 0 Å². The summed E-state index contributed by atoms with van der Waals surface area (Å²) in [6.45, 7) is 7.59. The molecule has 0 unspecified atom stereocenters. The van der Waals surface area contributed by atoms with E-state index in [1.54, 1.807) is 0 Å². The minimum absolute atomic E-state index is 0.624. The summed E-state index contributed by atoms with van der Waals surface area (Å²) in [4.78, 5) is 0. The van der Waals surface area contributed by atoms with Gasteiger partial charge in [0.15, 0.2) is 0 Å². The van der Waals surface area contributed by atoms with Gasteiger partial charge in [-0.05, 0) is 30.6 Å². The lowest BCUT2D eigenvalue weighted by Crippen LogP contribution is -2.14. The van der Waals surface area contributed by atoms with Gasteiger partial charge in [-0.2, -0.15) is 0 Å². The van der Waals surface area contributed by atoms with Crippen molar-refractivity contribution in [3.8, 4) is 0 Å². The normalized spacial score (nSPS) is 29.6. The number of nitrogens with two attached hydrogens (primary N) is 1. The molecule has 0 heterocycles. The van der Waals surface area contributed by atoms with E-state index < -0.39 is 0 Å². The molecule has 2 N–H and O–H groups in total. The molecule has 1 heteroatoms. The molecule has 1 nitrogen and oxygen atoms in total. The van der Waals surface area contributed by atoms with Crippen LogP contribution in [0.4, 0.5) is 0 Å². The first kappa shape index (κ1) is 11.8. The van der Waals surface area contributed by atoms with Crippen LogP contribution in [0.3, 0.4) is 0 Å². The third kappa shape index (κ3) is 3.45. The van der Waals surface area contributed by atoms with Gasteiger partial charge in [0.05, 0.1) is 0 Å². The second kappa shape index (κ2) is 5.55. The molecule has 0 aromatic heterocycles. The second-order valence-corrected chi connectivity index (χ2v) is 5.12. The van der Waals surface area contributed by atoms with Gasteiger partial charge in [0.1, 0.15) is 0 Å². The zero-order chi connectivity index (χ0) is 10.6. The molecule has 0 atom stereocenters. The molecule has 0 aromatic carbocycles. The molecule has 1 aliphatic rings. The van der Waals surface area contributed by atoms with E-state index in [0.29, 0.717) is 5.92 Å². The first-order chi connectivity index (χ1) is 6.63. The first-order valence-corrected chi connectivity index (χ1v) is 6.04. The van der Waals surface area contributed by atoms with E-state index in [1.165, 1.54) is 31.3 Å². The Balaban J connectivity index is 2.49. The lowest BCUT2D eigenvalue weighted by Gasteiger charge is -2.25. The fourth-order valence-corrected chi connectivity index (χ4v) is 2.25. The van der Waals surface area contributed by atoms with E-state index in [0.717, 1.165) is 18.4 Å². The lowest BCUT2D eigenvalue weighted by atomic mass is 9.81. The summed E-state index contributed by atoms with van der Waals surface area (Å²) in [7, 11) is 0. The first-order valence-electron chi connectivity index (χ1n) is 6.04. The largest absolute Gasteiger partial charge is 0.327 e. The summed E-state index contributed by atoms with van der Waals surface area (Å²) in [6.07, 6.45) is 8.00. The number of rotatable bonds is 3. The molecule has 1 saturated carbocycles. The standard InChI is InChI=1S/C13H25N/c1-10(2)13(9-14)8-12-6-4-11(3)5-7-12/h8,10-12H,4-7,9,14H2,1-3H3. The van der Waals surface area contributed by atoms with E-state index in [1.807, 2.05) is 0 Å². The van der Waals surface area contributed by atoms with Crippen LogP contribution < -0.4 is 5.73 Å². The Kier molecular flexibility index (Phi) is 4.67. The zero-order valence-corrected chi connectivity index (χ0v) is 9.92. The van der Waals surface area contributed by atoms with Crippen LogP contribution in [0.15, 0.2) is 11.6 Å². The van der Waals surface area contributed by atoms with Gasteiger partial charge in [0, 0.05) is 6.54 Å². The Labute approximate surface area is 88.8 Å². The van der Waals surface area contributed by atoms with Crippen LogP contribution in [0, 0.1) is 17.8 Å². The molecule has 1 aliphatic carbocycles. The number of allylic oxidation sites excluding steroid dienone is 1. The number of hydrogen-bond donors (Lipinski definition) is 1. The maximum Gasteiger partial charge on any atom is 0.0139 e. The highest BCUT2D eigenvalue weighted by Crippen LogP contribution is 2.30. The highest BCUT2D eigenvalue weighted by molar-refractivity contribution is 5.08. The molecular weight excluding hydrogens is 170 g/mol. The topological polar surface area (TPSA) is 26.0 Å². The van der Waals surface area contributed by atoms with Gasteiger partial charge in [-0.25, -0.2) is 0 Å². The maximum absolute atomic E-state index is 5.75. The van der Waals surface area contributed by atoms with Gasteiger partial charge in [-0.15, -0.1) is 0 Å². The summed E-state index contributed by atoms with van der Waals surface area (Å²) in [5, 5.41) is 0. The minimum Gasteiger partial charge on any atom is -0.327 e. The van der Waals surface area contributed by atoms with E-state index in [9.17, 15) is 0 Å². The molecule has 14 heavy (non-hydrogen) atoms. The molecule has 0 amide bonds. The molecule has 0 saturated heterocycles. The van der Waals surface area contributed by atoms with E-state index in [4.69, 9.17) is 5.73 Å². The molecule has 1 rings (SSSR count). The van der Waals surface area contributed by atoms with Crippen molar-refractivity contribution in [3.63, 3.8) is 0 Å². The maximum atomic E-state index is 5.75. The molecule has 0 aliphatic heterocycles. The van der Waals surface area contributed by atoms with Crippen LogP contribution in [0.25, 0.3) is 0 Å². The van der Waals surface area contributed by atoms with Crippen molar-refractivity contribution in [1.82, 2.24) is 0 Å². The smallest absolute Gasteiger partial charge is 0.0139 e. The van der Waals surface area contributed by atoms with Crippen molar-refractivity contribution in [2.75, 3.05) is 6.54 Å². The molecular formula is C13H25N. The van der Waals surface area contributed by atoms with Gasteiger partial charge in [-0.3, -0.25) is 0 Å². The molecule has 0 aromatic rings. The van der Waals surface area contributed by atoms with Crippen molar-refractivity contribution < 1.29 is 0 Å². The van der Waals surface area contributed by atoms with Crippen LogP contribution in [0.5, 0.6) is 0 Å². The second-order valence-electron chi connectivity index (χ2n) is 5.12. The average molecular weight is 195 g/mol. The average Bonchev–Trinajstić information content (AvgIpc) is 2.16. The van der Waals surface area contributed by atoms with Gasteiger partial charge in [-0.1, -0.05) is 45.3 Å². The predicted molar refractivity (Wildman–Crippen MR) is 63.1 cm³/mol. The van der Waals surface area contributed by atoms with Crippen LogP contribution >= 0.6 is 0 Å².